The number of carboxylic acid groups (broad SMARTS) is 1. The van der Waals surface area contributed by atoms with E-state index in [0.717, 1.165) is 18.2 Å². The molecular formula is C12H13F3N2O4. The zero-order chi connectivity index (χ0) is 16.0. The van der Waals surface area contributed by atoms with Gasteiger partial charge in [0.05, 0.1) is 24.4 Å². The summed E-state index contributed by atoms with van der Waals surface area (Å²) < 4.78 is 37.7. The number of anilines is 1. The highest BCUT2D eigenvalue weighted by atomic mass is 19.3. The molecular weight excluding hydrogens is 293 g/mol. The van der Waals surface area contributed by atoms with Crippen LogP contribution in [0.1, 0.15) is 10.4 Å². The third-order valence-corrected chi connectivity index (χ3v) is 2.47. The molecule has 0 bridgehead atoms. The van der Waals surface area contributed by atoms with Gasteiger partial charge in [0, 0.05) is 6.54 Å². The Bertz CT molecular complexity index is 525. The number of carbonyl (C=O) groups is 2. The fraction of sp³-hybridized carbons (Fsp3) is 0.333. The first-order chi connectivity index (χ1) is 9.85. The maximum atomic E-state index is 13.1. The number of hydrogen-bond donors (Lipinski definition) is 3. The molecule has 1 aromatic carbocycles. The highest BCUT2D eigenvalue weighted by Crippen LogP contribution is 2.18. The van der Waals surface area contributed by atoms with Crippen molar-refractivity contribution in [2.75, 3.05) is 25.0 Å². The summed E-state index contributed by atoms with van der Waals surface area (Å²) in [7, 11) is 0. The predicted molar refractivity (Wildman–Crippen MR) is 67.0 cm³/mol. The number of alkyl halides is 2. The van der Waals surface area contributed by atoms with Crippen molar-refractivity contribution < 1.29 is 33.0 Å². The average molecular weight is 306 g/mol. The number of aromatic carboxylic acids is 1. The van der Waals surface area contributed by atoms with Crippen LogP contribution in [0.5, 0.6) is 0 Å². The summed E-state index contributed by atoms with van der Waals surface area (Å²) in [4.78, 5) is 23.3. The van der Waals surface area contributed by atoms with Crippen LogP contribution in [0.3, 0.4) is 0 Å². The molecule has 2 amide bonds. The second-order valence-corrected chi connectivity index (χ2v) is 3.99. The van der Waals surface area contributed by atoms with Crippen LogP contribution < -0.4 is 5.32 Å². The zero-order valence-electron chi connectivity index (χ0n) is 10.7. The molecule has 0 aliphatic rings. The van der Waals surface area contributed by atoms with Crippen molar-refractivity contribution >= 4 is 17.7 Å². The minimum atomic E-state index is -2.83. The van der Waals surface area contributed by atoms with E-state index in [9.17, 15) is 22.8 Å². The summed E-state index contributed by atoms with van der Waals surface area (Å²) in [5, 5.41) is 19.7. The fourth-order valence-corrected chi connectivity index (χ4v) is 1.56. The number of nitrogens with zero attached hydrogens (tertiary/aromatic N) is 1. The molecule has 0 spiro atoms. The Labute approximate surface area is 117 Å². The maximum Gasteiger partial charge on any atom is 0.337 e. The molecule has 0 heterocycles. The van der Waals surface area contributed by atoms with Gasteiger partial charge in [-0.05, 0) is 18.2 Å². The van der Waals surface area contributed by atoms with Crippen molar-refractivity contribution in [3.05, 3.63) is 29.6 Å². The van der Waals surface area contributed by atoms with E-state index in [-0.39, 0.29) is 17.8 Å². The number of rotatable bonds is 6. The van der Waals surface area contributed by atoms with Gasteiger partial charge in [0.25, 0.3) is 6.43 Å². The van der Waals surface area contributed by atoms with Crippen molar-refractivity contribution in [2.24, 2.45) is 0 Å². The Kier molecular flexibility index (Phi) is 5.97. The van der Waals surface area contributed by atoms with E-state index in [0.29, 0.717) is 4.90 Å². The van der Waals surface area contributed by atoms with Crippen LogP contribution >= 0.6 is 0 Å². The number of carboxylic acids is 1. The van der Waals surface area contributed by atoms with Gasteiger partial charge in [-0.2, -0.15) is 0 Å². The Hall–Kier alpha value is -2.29. The Morgan fingerprint density at radius 2 is 2.00 bits per heavy atom. The fourth-order valence-electron chi connectivity index (χ4n) is 1.56. The van der Waals surface area contributed by atoms with E-state index in [4.69, 9.17) is 10.2 Å². The molecule has 6 nitrogen and oxygen atoms in total. The van der Waals surface area contributed by atoms with Crippen molar-refractivity contribution in [3.8, 4) is 0 Å². The quantitative estimate of drug-likeness (QED) is 0.745. The number of amides is 2. The van der Waals surface area contributed by atoms with E-state index in [1.165, 1.54) is 0 Å². The van der Waals surface area contributed by atoms with Gasteiger partial charge in [-0.25, -0.2) is 22.8 Å². The standard InChI is InChI=1S/C12H13F3N2O4/c13-7-1-2-8(11(19)20)9(5-7)16-12(21)17(3-4-18)6-10(14)15/h1-2,5,10,18H,3-4,6H2,(H,16,21)(H,19,20). The Balaban J connectivity index is 2.94. The molecule has 3 N–H and O–H groups in total. The monoisotopic (exact) mass is 306 g/mol. The largest absolute Gasteiger partial charge is 0.478 e. The third kappa shape index (κ3) is 4.95. The first-order valence-electron chi connectivity index (χ1n) is 5.83. The van der Waals surface area contributed by atoms with Gasteiger partial charge in [-0.3, -0.25) is 0 Å². The molecule has 0 aromatic heterocycles. The van der Waals surface area contributed by atoms with Crippen LogP contribution in [0.25, 0.3) is 0 Å². The van der Waals surface area contributed by atoms with Gasteiger partial charge in [0.2, 0.25) is 0 Å². The molecule has 0 unspecified atom stereocenters. The molecule has 9 heteroatoms. The van der Waals surface area contributed by atoms with E-state index in [1.54, 1.807) is 0 Å². The van der Waals surface area contributed by atoms with Crippen LogP contribution in [0.2, 0.25) is 0 Å². The lowest BCUT2D eigenvalue weighted by Crippen LogP contribution is -2.40. The smallest absolute Gasteiger partial charge is 0.337 e. The summed E-state index contributed by atoms with van der Waals surface area (Å²) in [6.45, 7) is -1.85. The van der Waals surface area contributed by atoms with Gasteiger partial charge in [-0.15, -0.1) is 0 Å². The highest BCUT2D eigenvalue weighted by Gasteiger charge is 2.20. The lowest BCUT2D eigenvalue weighted by atomic mass is 10.2. The molecule has 0 aliphatic heterocycles. The summed E-state index contributed by atoms with van der Waals surface area (Å²) in [6.07, 6.45) is -2.83. The van der Waals surface area contributed by atoms with Crippen molar-refractivity contribution in [3.63, 3.8) is 0 Å². The number of halogens is 3. The van der Waals surface area contributed by atoms with Gasteiger partial charge in [-0.1, -0.05) is 0 Å². The zero-order valence-corrected chi connectivity index (χ0v) is 10.7. The SMILES string of the molecule is O=C(O)c1ccc(F)cc1NC(=O)N(CCO)CC(F)F. The first-order valence-corrected chi connectivity index (χ1v) is 5.83. The molecule has 1 aromatic rings. The number of urea groups is 1. The van der Waals surface area contributed by atoms with Crippen LogP contribution in [0, 0.1) is 5.82 Å². The molecule has 116 valence electrons. The topological polar surface area (TPSA) is 89.9 Å². The van der Waals surface area contributed by atoms with Crippen LogP contribution in [0.4, 0.5) is 23.7 Å². The average Bonchev–Trinajstić information content (AvgIpc) is 2.37. The number of nitrogens with one attached hydrogen (secondary N) is 1. The molecule has 0 fully saturated rings. The van der Waals surface area contributed by atoms with Gasteiger partial charge < -0.3 is 20.4 Å². The number of hydrogen-bond acceptors (Lipinski definition) is 3. The number of aliphatic hydroxyl groups is 1. The maximum absolute atomic E-state index is 13.1. The van der Waals surface area contributed by atoms with Crippen LogP contribution in [-0.2, 0) is 0 Å². The van der Waals surface area contributed by atoms with Crippen LogP contribution in [0.15, 0.2) is 18.2 Å². The molecule has 21 heavy (non-hydrogen) atoms. The van der Waals surface area contributed by atoms with Crippen molar-refractivity contribution in [1.29, 1.82) is 0 Å². The highest BCUT2D eigenvalue weighted by molar-refractivity contribution is 6.00. The molecule has 0 saturated carbocycles. The lowest BCUT2D eigenvalue weighted by molar-refractivity contribution is 0.0697. The lowest BCUT2D eigenvalue weighted by Gasteiger charge is -2.22. The van der Waals surface area contributed by atoms with Gasteiger partial charge in [0.15, 0.2) is 0 Å². The van der Waals surface area contributed by atoms with Gasteiger partial charge >= 0.3 is 12.0 Å². The minimum absolute atomic E-state index is 0.357. The second-order valence-electron chi connectivity index (χ2n) is 3.99. The number of benzene rings is 1. The van der Waals surface area contributed by atoms with E-state index < -0.39 is 37.4 Å². The van der Waals surface area contributed by atoms with Gasteiger partial charge in [0.1, 0.15) is 5.82 Å². The van der Waals surface area contributed by atoms with Crippen molar-refractivity contribution in [2.45, 2.75) is 6.43 Å². The third-order valence-electron chi connectivity index (χ3n) is 2.47. The van der Waals surface area contributed by atoms with E-state index in [1.807, 2.05) is 5.32 Å². The number of aliphatic hydroxyl groups excluding tert-OH is 1. The normalized spacial score (nSPS) is 10.5. The Morgan fingerprint density at radius 1 is 1.33 bits per heavy atom. The summed E-state index contributed by atoms with van der Waals surface area (Å²) in [5.74, 6) is -2.20. The number of carbonyl (C=O) groups excluding carboxylic acids is 1. The van der Waals surface area contributed by atoms with Crippen molar-refractivity contribution in [1.82, 2.24) is 4.90 Å². The molecule has 0 saturated heterocycles. The van der Waals surface area contributed by atoms with E-state index >= 15 is 0 Å². The molecule has 1 rings (SSSR count). The molecule has 0 aliphatic carbocycles. The minimum Gasteiger partial charge on any atom is -0.478 e. The summed E-state index contributed by atoms with van der Waals surface area (Å²) in [5.41, 5.74) is -0.740. The van der Waals surface area contributed by atoms with Crippen LogP contribution in [-0.4, -0.2) is 53.2 Å². The predicted octanol–water partition coefficient (Wildman–Crippen LogP) is 1.62. The second kappa shape index (κ2) is 7.48. The Morgan fingerprint density at radius 3 is 2.52 bits per heavy atom. The molecule has 0 radical (unpaired) electrons. The summed E-state index contributed by atoms with van der Waals surface area (Å²) >= 11 is 0. The van der Waals surface area contributed by atoms with E-state index in [2.05, 4.69) is 0 Å². The molecule has 0 atom stereocenters. The first kappa shape index (κ1) is 16.8. The summed E-state index contributed by atoms with van der Waals surface area (Å²) in [6, 6.07) is 1.54.